The molecule has 0 aliphatic heterocycles. The minimum atomic E-state index is 0.214. The van der Waals surface area contributed by atoms with Crippen LogP contribution in [0.5, 0.6) is 0 Å². The van der Waals surface area contributed by atoms with Crippen molar-refractivity contribution in [1.82, 2.24) is 4.57 Å². The number of hydrogen-bond donors (Lipinski definition) is 1. The molecule has 0 bridgehead atoms. The summed E-state index contributed by atoms with van der Waals surface area (Å²) >= 11 is 0. The molecule has 1 unspecified atom stereocenters. The summed E-state index contributed by atoms with van der Waals surface area (Å²) in [5.74, 6) is 1.09. The first-order valence-corrected chi connectivity index (χ1v) is 6.48. The number of benzene rings is 1. The van der Waals surface area contributed by atoms with Crippen LogP contribution in [-0.4, -0.2) is 16.3 Å². The predicted octanol–water partition coefficient (Wildman–Crippen LogP) is 3.15. The summed E-state index contributed by atoms with van der Waals surface area (Å²) < 4.78 is 2.37. The third-order valence-corrected chi connectivity index (χ3v) is 3.78. The average Bonchev–Trinajstić information content (AvgIpc) is 3.08. The first kappa shape index (κ1) is 10.8. The van der Waals surface area contributed by atoms with Gasteiger partial charge in [-0.3, -0.25) is 0 Å². The Balaban J connectivity index is 2.09. The molecule has 1 aromatic carbocycles. The maximum Gasteiger partial charge on any atom is 0.0516 e. The normalized spacial score (nSPS) is 17.5. The van der Waals surface area contributed by atoms with E-state index in [1.165, 1.54) is 29.3 Å². The highest BCUT2D eigenvalue weighted by Gasteiger charge is 2.23. The van der Waals surface area contributed by atoms with E-state index in [1.807, 2.05) is 0 Å². The number of rotatable bonds is 4. The van der Waals surface area contributed by atoms with Crippen molar-refractivity contribution in [3.8, 4) is 0 Å². The van der Waals surface area contributed by atoms with Gasteiger partial charge in [-0.05, 0) is 35.8 Å². The third-order valence-electron chi connectivity index (χ3n) is 3.78. The molecule has 1 saturated carbocycles. The Bertz CT molecular complexity index is 525. The maximum atomic E-state index is 9.36. The molecule has 1 N–H and O–H groups in total. The summed E-state index contributed by atoms with van der Waals surface area (Å²) in [6.07, 6.45) is 4.94. The fraction of sp³-hybridized carbons (Fsp3) is 0.467. The Morgan fingerprint density at radius 1 is 1.35 bits per heavy atom. The van der Waals surface area contributed by atoms with E-state index in [4.69, 9.17) is 0 Å². The predicted molar refractivity (Wildman–Crippen MR) is 70.2 cm³/mol. The smallest absolute Gasteiger partial charge is 0.0516 e. The lowest BCUT2D eigenvalue weighted by Gasteiger charge is -2.13. The van der Waals surface area contributed by atoms with Crippen molar-refractivity contribution in [2.24, 2.45) is 5.92 Å². The number of hydrogen-bond acceptors (Lipinski definition) is 1. The van der Waals surface area contributed by atoms with Crippen LogP contribution in [0.3, 0.4) is 0 Å². The molecule has 1 heterocycles. The zero-order chi connectivity index (χ0) is 11.8. The van der Waals surface area contributed by atoms with Gasteiger partial charge < -0.3 is 9.67 Å². The van der Waals surface area contributed by atoms with E-state index in [-0.39, 0.29) is 12.5 Å². The number of fused-ring (bicyclic) bond motifs is 1. The van der Waals surface area contributed by atoms with Gasteiger partial charge in [0.2, 0.25) is 0 Å². The Morgan fingerprint density at radius 2 is 2.18 bits per heavy atom. The Labute approximate surface area is 102 Å². The van der Waals surface area contributed by atoms with Gasteiger partial charge in [0.05, 0.1) is 5.52 Å². The summed E-state index contributed by atoms with van der Waals surface area (Å²) in [5.41, 5.74) is 2.59. The molecule has 3 rings (SSSR count). The van der Waals surface area contributed by atoms with Crippen molar-refractivity contribution < 1.29 is 5.11 Å². The summed E-state index contributed by atoms with van der Waals surface area (Å²) in [6, 6.07) is 8.58. The van der Waals surface area contributed by atoms with Crippen LogP contribution in [0, 0.1) is 5.92 Å². The molecule has 1 aliphatic carbocycles. The van der Waals surface area contributed by atoms with Crippen LogP contribution in [-0.2, 0) is 6.54 Å². The zero-order valence-corrected chi connectivity index (χ0v) is 10.3. The van der Waals surface area contributed by atoms with E-state index in [0.29, 0.717) is 0 Å². The second-order valence-corrected chi connectivity index (χ2v) is 5.28. The van der Waals surface area contributed by atoms with Gasteiger partial charge in [0.25, 0.3) is 0 Å². The van der Waals surface area contributed by atoms with Crippen LogP contribution in [0.1, 0.15) is 31.2 Å². The molecule has 1 aromatic heterocycles. The van der Waals surface area contributed by atoms with Crippen molar-refractivity contribution in [3.05, 3.63) is 36.0 Å². The minimum absolute atomic E-state index is 0.214. The van der Waals surface area contributed by atoms with Gasteiger partial charge in [-0.25, -0.2) is 0 Å². The van der Waals surface area contributed by atoms with Crippen LogP contribution in [0.25, 0.3) is 10.9 Å². The molecular formula is C15H19NO. The number of para-hydroxylation sites is 1. The topological polar surface area (TPSA) is 25.2 Å². The van der Waals surface area contributed by atoms with Gasteiger partial charge >= 0.3 is 0 Å². The summed E-state index contributed by atoms with van der Waals surface area (Å²) in [4.78, 5) is 0. The number of nitrogens with zero attached hydrogens (tertiary/aromatic N) is 1. The van der Waals surface area contributed by atoms with Crippen molar-refractivity contribution in [2.75, 3.05) is 6.61 Å². The third kappa shape index (κ3) is 1.98. The van der Waals surface area contributed by atoms with Crippen LogP contribution in [0.15, 0.2) is 30.5 Å². The highest BCUT2D eigenvalue weighted by Crippen LogP contribution is 2.33. The standard InChI is InChI=1S/C15H19NO/c1-11(10-17)14-4-2-3-13-7-8-16(15(13)14)9-12-5-6-12/h2-4,7-8,11-12,17H,5-6,9-10H2,1H3. The van der Waals surface area contributed by atoms with Gasteiger partial charge in [0, 0.05) is 25.3 Å². The molecule has 0 spiro atoms. The highest BCUT2D eigenvalue weighted by atomic mass is 16.3. The molecule has 17 heavy (non-hydrogen) atoms. The van der Waals surface area contributed by atoms with Crippen LogP contribution in [0.2, 0.25) is 0 Å². The second kappa shape index (κ2) is 4.19. The Kier molecular flexibility index (Phi) is 2.67. The van der Waals surface area contributed by atoms with Crippen molar-refractivity contribution in [3.63, 3.8) is 0 Å². The molecule has 0 amide bonds. The quantitative estimate of drug-likeness (QED) is 0.856. The largest absolute Gasteiger partial charge is 0.396 e. The van der Waals surface area contributed by atoms with Crippen molar-refractivity contribution in [2.45, 2.75) is 32.2 Å². The Hall–Kier alpha value is -1.28. The van der Waals surface area contributed by atoms with E-state index in [1.54, 1.807) is 0 Å². The van der Waals surface area contributed by atoms with E-state index in [9.17, 15) is 5.11 Å². The fourth-order valence-corrected chi connectivity index (χ4v) is 2.52. The molecular weight excluding hydrogens is 210 g/mol. The van der Waals surface area contributed by atoms with Gasteiger partial charge in [0.15, 0.2) is 0 Å². The molecule has 1 fully saturated rings. The van der Waals surface area contributed by atoms with Gasteiger partial charge in [-0.1, -0.05) is 25.1 Å². The van der Waals surface area contributed by atoms with Gasteiger partial charge in [-0.15, -0.1) is 0 Å². The molecule has 0 radical (unpaired) electrons. The van der Waals surface area contributed by atoms with Crippen molar-refractivity contribution in [1.29, 1.82) is 0 Å². The van der Waals surface area contributed by atoms with E-state index in [2.05, 4.69) is 42.0 Å². The zero-order valence-electron chi connectivity index (χ0n) is 10.3. The maximum absolute atomic E-state index is 9.36. The molecule has 0 saturated heterocycles. The van der Waals surface area contributed by atoms with Crippen LogP contribution in [0.4, 0.5) is 0 Å². The van der Waals surface area contributed by atoms with E-state index >= 15 is 0 Å². The molecule has 1 aliphatic rings. The lowest BCUT2D eigenvalue weighted by atomic mass is 9.99. The minimum Gasteiger partial charge on any atom is -0.396 e. The average molecular weight is 229 g/mol. The molecule has 90 valence electrons. The number of aliphatic hydroxyl groups excluding tert-OH is 1. The molecule has 1 atom stereocenters. The number of aromatic nitrogens is 1. The second-order valence-electron chi connectivity index (χ2n) is 5.28. The first-order valence-electron chi connectivity index (χ1n) is 6.48. The SMILES string of the molecule is CC(CO)c1cccc2ccn(CC3CC3)c12. The molecule has 2 nitrogen and oxygen atoms in total. The lowest BCUT2D eigenvalue weighted by molar-refractivity contribution is 0.273. The molecule has 2 aromatic rings. The Morgan fingerprint density at radius 3 is 2.88 bits per heavy atom. The summed E-state index contributed by atoms with van der Waals surface area (Å²) in [7, 11) is 0. The monoisotopic (exact) mass is 229 g/mol. The fourth-order valence-electron chi connectivity index (χ4n) is 2.52. The lowest BCUT2D eigenvalue weighted by Crippen LogP contribution is -2.04. The molecule has 2 heteroatoms. The van der Waals surface area contributed by atoms with E-state index < -0.39 is 0 Å². The van der Waals surface area contributed by atoms with Gasteiger partial charge in [0.1, 0.15) is 0 Å². The van der Waals surface area contributed by atoms with Crippen molar-refractivity contribution >= 4 is 10.9 Å². The van der Waals surface area contributed by atoms with Crippen LogP contribution < -0.4 is 0 Å². The summed E-state index contributed by atoms with van der Waals surface area (Å²) in [6.45, 7) is 3.44. The highest BCUT2D eigenvalue weighted by molar-refractivity contribution is 5.84. The summed E-state index contributed by atoms with van der Waals surface area (Å²) in [5, 5.41) is 10.7. The van der Waals surface area contributed by atoms with Crippen LogP contribution >= 0.6 is 0 Å². The van der Waals surface area contributed by atoms with E-state index in [0.717, 1.165) is 12.5 Å². The van der Waals surface area contributed by atoms with Gasteiger partial charge in [-0.2, -0.15) is 0 Å². The number of aliphatic hydroxyl groups is 1. The first-order chi connectivity index (χ1) is 8.29.